The van der Waals surface area contributed by atoms with Gasteiger partial charge >= 0.3 is 0 Å². The van der Waals surface area contributed by atoms with E-state index in [0.717, 1.165) is 5.56 Å². The average molecular weight is 244 g/mol. The Hall–Kier alpha value is -1.61. The van der Waals surface area contributed by atoms with Gasteiger partial charge in [0.1, 0.15) is 0 Å². The summed E-state index contributed by atoms with van der Waals surface area (Å²) in [5.41, 5.74) is 0.763. The molecule has 3 heteroatoms. The van der Waals surface area contributed by atoms with Crippen LogP contribution in [0.4, 0.5) is 0 Å². The Morgan fingerprint density at radius 1 is 1.12 bits per heavy atom. The molecule has 0 aliphatic heterocycles. The zero-order valence-corrected chi connectivity index (χ0v) is 10.5. The van der Waals surface area contributed by atoms with Crippen LogP contribution in [0.2, 0.25) is 0 Å². The Kier molecular flexibility index (Phi) is 3.94. The second-order valence-corrected chi connectivity index (χ2v) is 4.58. The fourth-order valence-electron chi connectivity index (χ4n) is 1.57. The lowest BCUT2D eigenvalue weighted by atomic mass is 10.1. The van der Waals surface area contributed by atoms with Gasteiger partial charge in [0.15, 0.2) is 12.4 Å². The van der Waals surface area contributed by atoms with E-state index >= 15 is 0 Å². The van der Waals surface area contributed by atoms with Crippen LogP contribution in [0.25, 0.3) is 0 Å². The van der Waals surface area contributed by atoms with Crippen LogP contribution in [0.15, 0.2) is 59.8 Å². The van der Waals surface area contributed by atoms with Crippen LogP contribution in [-0.2, 0) is 6.54 Å². The number of hydrogen-bond acceptors (Lipinski definition) is 2. The van der Waals surface area contributed by atoms with Crippen molar-refractivity contribution in [2.45, 2.75) is 11.4 Å². The Labute approximate surface area is 105 Å². The maximum atomic E-state index is 12.0. The Balaban J connectivity index is 2.09. The summed E-state index contributed by atoms with van der Waals surface area (Å²) in [6.07, 6.45) is 5.82. The molecule has 1 aromatic heterocycles. The highest BCUT2D eigenvalue weighted by atomic mass is 32.2. The lowest BCUT2D eigenvalue weighted by Crippen LogP contribution is -2.36. The summed E-state index contributed by atoms with van der Waals surface area (Å²) in [7, 11) is 0. The molecule has 0 aliphatic carbocycles. The number of Topliss-reactive ketones (excluding diaryl/α,β-unsaturated/α-hetero) is 1. The van der Waals surface area contributed by atoms with E-state index in [1.165, 1.54) is 4.90 Å². The molecule has 0 aliphatic rings. The second-order valence-electron chi connectivity index (χ2n) is 3.70. The van der Waals surface area contributed by atoms with Crippen LogP contribution in [0.5, 0.6) is 0 Å². The van der Waals surface area contributed by atoms with Crippen LogP contribution in [-0.4, -0.2) is 12.0 Å². The number of ketones is 1. The zero-order chi connectivity index (χ0) is 12.1. The molecule has 0 bridgehead atoms. The number of aromatic nitrogens is 1. The molecule has 0 saturated carbocycles. The standard InChI is InChI=1S/C14H14NOS/c1-17-13-7-5-12(6-8-13)14(16)11-15-9-3-2-4-10-15/h2-10H,11H2,1H3/q+1. The number of thioether (sulfide) groups is 1. The Morgan fingerprint density at radius 3 is 2.35 bits per heavy atom. The number of nitrogens with zero attached hydrogens (tertiary/aromatic N) is 1. The molecule has 2 nitrogen and oxygen atoms in total. The van der Waals surface area contributed by atoms with Crippen molar-refractivity contribution in [2.75, 3.05) is 6.26 Å². The van der Waals surface area contributed by atoms with Gasteiger partial charge in [-0.15, -0.1) is 11.8 Å². The molecule has 1 heterocycles. The van der Waals surface area contributed by atoms with Gasteiger partial charge < -0.3 is 0 Å². The summed E-state index contributed by atoms with van der Waals surface area (Å²) < 4.78 is 1.88. The molecule has 0 N–H and O–H groups in total. The van der Waals surface area contributed by atoms with E-state index in [1.54, 1.807) is 11.8 Å². The third kappa shape index (κ3) is 3.17. The molecule has 0 radical (unpaired) electrons. The molecule has 86 valence electrons. The lowest BCUT2D eigenvalue weighted by Gasteiger charge is -1.99. The first-order valence-corrected chi connectivity index (χ1v) is 6.63. The normalized spacial score (nSPS) is 10.2. The van der Waals surface area contributed by atoms with E-state index in [-0.39, 0.29) is 5.78 Å². The topological polar surface area (TPSA) is 20.9 Å². The van der Waals surface area contributed by atoms with Crippen LogP contribution in [0.1, 0.15) is 10.4 Å². The highest BCUT2D eigenvalue weighted by Gasteiger charge is 2.10. The molecule has 17 heavy (non-hydrogen) atoms. The first-order chi connectivity index (χ1) is 8.29. The smallest absolute Gasteiger partial charge is 0.227 e. The maximum absolute atomic E-state index is 12.0. The van der Waals surface area contributed by atoms with Gasteiger partial charge in [-0.25, -0.2) is 0 Å². The van der Waals surface area contributed by atoms with Crippen molar-refractivity contribution in [1.82, 2.24) is 0 Å². The molecule has 0 saturated heterocycles. The van der Waals surface area contributed by atoms with Crippen LogP contribution in [0.3, 0.4) is 0 Å². The number of pyridine rings is 1. The summed E-state index contributed by atoms with van der Waals surface area (Å²) in [5, 5.41) is 0. The van der Waals surface area contributed by atoms with Gasteiger partial charge in [-0.3, -0.25) is 4.79 Å². The summed E-state index contributed by atoms with van der Waals surface area (Å²) in [6.45, 7) is 0.388. The van der Waals surface area contributed by atoms with Crippen molar-refractivity contribution < 1.29 is 9.36 Å². The number of rotatable bonds is 4. The van der Waals surface area contributed by atoms with Crippen molar-refractivity contribution in [3.05, 3.63) is 60.4 Å². The minimum absolute atomic E-state index is 0.133. The molecular weight excluding hydrogens is 230 g/mol. The molecule has 0 fully saturated rings. The fraction of sp³-hybridized carbons (Fsp3) is 0.143. The number of carbonyl (C=O) groups is 1. The average Bonchev–Trinajstić information content (AvgIpc) is 2.40. The van der Waals surface area contributed by atoms with Gasteiger partial charge in [0.05, 0.1) is 0 Å². The van der Waals surface area contributed by atoms with Gasteiger partial charge in [0.25, 0.3) is 0 Å². The first-order valence-electron chi connectivity index (χ1n) is 5.41. The quantitative estimate of drug-likeness (QED) is 0.468. The Bertz CT molecular complexity index is 493. The number of benzene rings is 1. The van der Waals surface area contributed by atoms with Gasteiger partial charge in [-0.1, -0.05) is 18.2 Å². The van der Waals surface area contributed by atoms with E-state index in [4.69, 9.17) is 0 Å². The minimum Gasteiger partial charge on any atom is -0.287 e. The molecule has 0 spiro atoms. The summed E-state index contributed by atoms with van der Waals surface area (Å²) in [6, 6.07) is 13.5. The third-order valence-electron chi connectivity index (χ3n) is 2.52. The van der Waals surface area contributed by atoms with E-state index in [1.807, 2.05) is 65.7 Å². The molecule has 0 amide bonds. The first kappa shape index (κ1) is 11.9. The largest absolute Gasteiger partial charge is 0.287 e. The molecule has 1 aromatic carbocycles. The van der Waals surface area contributed by atoms with Crippen molar-refractivity contribution in [3.63, 3.8) is 0 Å². The highest BCUT2D eigenvalue weighted by Crippen LogP contribution is 2.15. The molecule has 0 atom stereocenters. The zero-order valence-electron chi connectivity index (χ0n) is 9.67. The van der Waals surface area contributed by atoms with E-state index in [9.17, 15) is 4.79 Å². The van der Waals surface area contributed by atoms with Crippen LogP contribution < -0.4 is 4.57 Å². The fourth-order valence-corrected chi connectivity index (χ4v) is 1.98. The lowest BCUT2D eigenvalue weighted by molar-refractivity contribution is -0.683. The molecule has 0 unspecified atom stereocenters. The number of hydrogen-bond donors (Lipinski definition) is 0. The molecule has 2 rings (SSSR count). The minimum atomic E-state index is 0.133. The van der Waals surface area contributed by atoms with Crippen molar-refractivity contribution in [1.29, 1.82) is 0 Å². The molecular formula is C14H14NOS+. The third-order valence-corrected chi connectivity index (χ3v) is 3.26. The SMILES string of the molecule is CSc1ccc(C(=O)C[n+]2ccccc2)cc1. The molecule has 2 aromatic rings. The van der Waals surface area contributed by atoms with E-state index in [0.29, 0.717) is 6.54 Å². The van der Waals surface area contributed by atoms with Crippen molar-refractivity contribution in [2.24, 2.45) is 0 Å². The van der Waals surface area contributed by atoms with Crippen molar-refractivity contribution >= 4 is 17.5 Å². The van der Waals surface area contributed by atoms with Gasteiger partial charge in [-0.2, -0.15) is 4.57 Å². The van der Waals surface area contributed by atoms with Crippen LogP contribution >= 0.6 is 11.8 Å². The predicted octanol–water partition coefficient (Wildman–Crippen LogP) is 2.58. The van der Waals surface area contributed by atoms with Gasteiger partial charge in [0, 0.05) is 22.6 Å². The summed E-state index contributed by atoms with van der Waals surface area (Å²) in [4.78, 5) is 13.2. The maximum Gasteiger partial charge on any atom is 0.227 e. The van der Waals surface area contributed by atoms with Crippen LogP contribution in [0, 0.1) is 0 Å². The van der Waals surface area contributed by atoms with E-state index < -0.39 is 0 Å². The summed E-state index contributed by atoms with van der Waals surface area (Å²) >= 11 is 1.68. The Morgan fingerprint density at radius 2 is 1.76 bits per heavy atom. The van der Waals surface area contributed by atoms with E-state index in [2.05, 4.69) is 0 Å². The van der Waals surface area contributed by atoms with Crippen molar-refractivity contribution in [3.8, 4) is 0 Å². The van der Waals surface area contributed by atoms with Gasteiger partial charge in [0.2, 0.25) is 12.3 Å². The predicted molar refractivity (Wildman–Crippen MR) is 69.2 cm³/mol. The monoisotopic (exact) mass is 244 g/mol. The van der Waals surface area contributed by atoms with Gasteiger partial charge in [-0.05, 0) is 18.4 Å². The highest BCUT2D eigenvalue weighted by molar-refractivity contribution is 7.98. The number of carbonyl (C=O) groups excluding carboxylic acids is 1. The summed E-state index contributed by atoms with van der Waals surface area (Å²) in [5.74, 6) is 0.133. The second kappa shape index (κ2) is 5.64.